The molecule has 5 nitrogen and oxygen atoms in total. The van der Waals surface area contributed by atoms with Crippen molar-refractivity contribution >= 4 is 22.6 Å². The molecule has 1 saturated carbocycles. The monoisotopic (exact) mass is 359 g/mol. The highest BCUT2D eigenvalue weighted by molar-refractivity contribution is 7.84. The Morgan fingerprint density at radius 3 is 2.52 bits per heavy atom. The van der Waals surface area contributed by atoms with E-state index in [1.807, 2.05) is 19.9 Å². The third kappa shape index (κ3) is 3.58. The van der Waals surface area contributed by atoms with E-state index in [0.717, 1.165) is 24.2 Å². The summed E-state index contributed by atoms with van der Waals surface area (Å²) in [5, 5.41) is 0. The van der Waals surface area contributed by atoms with E-state index in [2.05, 4.69) is 4.57 Å². The molecule has 1 fully saturated rings. The second kappa shape index (κ2) is 6.96. The normalized spacial score (nSPS) is 15.0. The van der Waals surface area contributed by atoms with Crippen molar-refractivity contribution in [2.24, 2.45) is 0 Å². The van der Waals surface area contributed by atoms with Crippen LogP contribution in [0.2, 0.25) is 0 Å². The largest absolute Gasteiger partial charge is 0.454 e. The second-order valence-electron chi connectivity index (χ2n) is 6.34. The predicted octanol–water partition coefficient (Wildman–Crippen LogP) is 3.22. The van der Waals surface area contributed by atoms with Crippen molar-refractivity contribution in [1.82, 2.24) is 4.57 Å². The summed E-state index contributed by atoms with van der Waals surface area (Å²) < 4.78 is 19.1. The molecule has 1 atom stereocenters. The number of rotatable bonds is 6. The maximum atomic E-state index is 12.5. The summed E-state index contributed by atoms with van der Waals surface area (Å²) in [6.07, 6.45) is 3.79. The van der Waals surface area contributed by atoms with E-state index in [1.54, 1.807) is 24.3 Å². The molecule has 1 heterocycles. The first-order valence-electron chi connectivity index (χ1n) is 8.21. The van der Waals surface area contributed by atoms with E-state index in [1.165, 1.54) is 6.26 Å². The number of hydrogen-bond acceptors (Lipinski definition) is 4. The molecule has 132 valence electrons. The van der Waals surface area contributed by atoms with Crippen molar-refractivity contribution in [1.29, 1.82) is 0 Å². The van der Waals surface area contributed by atoms with Crippen molar-refractivity contribution in [3.05, 3.63) is 52.8 Å². The predicted molar refractivity (Wildman–Crippen MR) is 95.6 cm³/mol. The van der Waals surface area contributed by atoms with Gasteiger partial charge in [0.2, 0.25) is 5.78 Å². The molecule has 0 radical (unpaired) electrons. The molecule has 6 heteroatoms. The first-order valence-corrected chi connectivity index (χ1v) is 9.77. The van der Waals surface area contributed by atoms with Gasteiger partial charge in [-0.05, 0) is 44.9 Å². The van der Waals surface area contributed by atoms with Crippen LogP contribution in [0.15, 0.2) is 35.2 Å². The summed E-state index contributed by atoms with van der Waals surface area (Å²) in [6, 6.07) is 8.93. The molecule has 0 unspecified atom stereocenters. The van der Waals surface area contributed by atoms with Crippen LogP contribution in [0.4, 0.5) is 0 Å². The molecular weight excluding hydrogens is 338 g/mol. The van der Waals surface area contributed by atoms with Crippen LogP contribution in [0.5, 0.6) is 0 Å². The van der Waals surface area contributed by atoms with Crippen molar-refractivity contribution in [2.45, 2.75) is 37.6 Å². The van der Waals surface area contributed by atoms with Gasteiger partial charge in [0.25, 0.3) is 0 Å². The highest BCUT2D eigenvalue weighted by Gasteiger charge is 2.28. The first kappa shape index (κ1) is 17.6. The third-order valence-corrected chi connectivity index (χ3v) is 5.42. The second-order valence-corrected chi connectivity index (χ2v) is 7.68. The van der Waals surface area contributed by atoms with Crippen LogP contribution in [0.1, 0.15) is 51.0 Å². The summed E-state index contributed by atoms with van der Waals surface area (Å²) in [5.41, 5.74) is 2.82. The number of hydrogen-bond donors (Lipinski definition) is 0. The van der Waals surface area contributed by atoms with Gasteiger partial charge in [-0.2, -0.15) is 0 Å². The minimum atomic E-state index is -1.30. The Bertz CT molecular complexity index is 864. The molecule has 0 bridgehead atoms. The molecule has 3 rings (SSSR count). The van der Waals surface area contributed by atoms with Crippen LogP contribution in [0.25, 0.3) is 0 Å². The van der Waals surface area contributed by atoms with Crippen LogP contribution >= 0.6 is 0 Å². The Hall–Kier alpha value is -2.21. The molecule has 0 saturated heterocycles. The molecule has 0 N–H and O–H groups in total. The number of esters is 1. The van der Waals surface area contributed by atoms with Gasteiger partial charge >= 0.3 is 5.97 Å². The highest BCUT2D eigenvalue weighted by Crippen LogP contribution is 2.38. The number of aromatic nitrogens is 1. The van der Waals surface area contributed by atoms with Crippen LogP contribution in [-0.4, -0.2) is 33.4 Å². The van der Waals surface area contributed by atoms with Crippen LogP contribution in [0, 0.1) is 13.8 Å². The lowest BCUT2D eigenvalue weighted by Crippen LogP contribution is -2.16. The van der Waals surface area contributed by atoms with Crippen LogP contribution in [-0.2, 0) is 15.5 Å². The number of benzene rings is 1. The molecule has 25 heavy (non-hydrogen) atoms. The smallest absolute Gasteiger partial charge is 0.339 e. The maximum absolute atomic E-state index is 12.5. The zero-order valence-corrected chi connectivity index (χ0v) is 15.4. The molecular formula is C19H21NO4S. The minimum Gasteiger partial charge on any atom is -0.454 e. The van der Waals surface area contributed by atoms with Gasteiger partial charge in [-0.1, -0.05) is 12.1 Å². The molecule has 1 aliphatic rings. The molecule has 1 aromatic carbocycles. The number of carbonyl (C=O) groups excluding carboxylic acids is 2. The fraction of sp³-hybridized carbons (Fsp3) is 0.368. The summed E-state index contributed by atoms with van der Waals surface area (Å²) in [6.45, 7) is 3.59. The Morgan fingerprint density at radius 1 is 1.20 bits per heavy atom. The van der Waals surface area contributed by atoms with Gasteiger partial charge in [0.15, 0.2) is 6.61 Å². The van der Waals surface area contributed by atoms with Gasteiger partial charge in [-0.25, -0.2) is 4.79 Å². The van der Waals surface area contributed by atoms with Crippen LogP contribution in [0.3, 0.4) is 0 Å². The van der Waals surface area contributed by atoms with Gasteiger partial charge < -0.3 is 9.30 Å². The summed E-state index contributed by atoms with van der Waals surface area (Å²) in [4.78, 5) is 25.2. The van der Waals surface area contributed by atoms with Gasteiger partial charge in [0.05, 0.1) is 21.3 Å². The van der Waals surface area contributed by atoms with Gasteiger partial charge in [-0.15, -0.1) is 0 Å². The standard InChI is InChI=1S/C19H21NO4S/c1-12-10-16(13(2)20(12)14-8-9-14)17(21)11-24-19(22)15-6-4-5-7-18(15)25(3)23/h4-7,10,14H,8-9,11H2,1-3H3/t25-/m0/s1. The number of ether oxygens (including phenoxy) is 1. The Kier molecular flexibility index (Phi) is 4.90. The quantitative estimate of drug-likeness (QED) is 0.587. The van der Waals surface area contributed by atoms with Crippen molar-refractivity contribution in [3.8, 4) is 0 Å². The number of Topliss-reactive ketones (excluding diaryl/α,β-unsaturated/α-hetero) is 1. The van der Waals surface area contributed by atoms with Crippen LogP contribution < -0.4 is 0 Å². The SMILES string of the molecule is Cc1cc(C(=O)COC(=O)c2ccccc2[S@](C)=O)c(C)n1C1CC1. The number of nitrogens with zero attached hydrogens (tertiary/aromatic N) is 1. The summed E-state index contributed by atoms with van der Waals surface area (Å²) >= 11 is 0. The van der Waals surface area contributed by atoms with Gasteiger partial charge in [-0.3, -0.25) is 9.00 Å². The summed E-state index contributed by atoms with van der Waals surface area (Å²) in [7, 11) is -1.30. The van der Waals surface area contributed by atoms with Crippen molar-refractivity contribution in [3.63, 3.8) is 0 Å². The molecule has 2 aromatic rings. The lowest BCUT2D eigenvalue weighted by atomic mass is 10.1. The van der Waals surface area contributed by atoms with Gasteiger partial charge in [0, 0.05) is 29.2 Å². The topological polar surface area (TPSA) is 65.4 Å². The minimum absolute atomic E-state index is 0.219. The molecule has 1 aromatic heterocycles. The lowest BCUT2D eigenvalue weighted by molar-refractivity contribution is 0.0471. The third-order valence-electron chi connectivity index (χ3n) is 4.45. The van der Waals surface area contributed by atoms with E-state index < -0.39 is 16.8 Å². The van der Waals surface area contributed by atoms with E-state index >= 15 is 0 Å². The zero-order valence-electron chi connectivity index (χ0n) is 14.6. The molecule has 1 aliphatic carbocycles. The molecule has 0 amide bonds. The molecule has 0 aliphatic heterocycles. The number of aryl methyl sites for hydroxylation is 1. The maximum Gasteiger partial charge on any atom is 0.339 e. The first-order chi connectivity index (χ1) is 11.9. The number of carbonyl (C=O) groups is 2. The van der Waals surface area contributed by atoms with E-state index in [-0.39, 0.29) is 18.0 Å². The Morgan fingerprint density at radius 2 is 1.88 bits per heavy atom. The summed E-state index contributed by atoms with van der Waals surface area (Å²) in [5.74, 6) is -0.849. The Labute approximate surface area is 149 Å². The van der Waals surface area contributed by atoms with Crippen molar-refractivity contribution in [2.75, 3.05) is 12.9 Å². The van der Waals surface area contributed by atoms with Crippen molar-refractivity contribution < 1.29 is 18.5 Å². The van der Waals surface area contributed by atoms with Gasteiger partial charge in [0.1, 0.15) is 0 Å². The average molecular weight is 359 g/mol. The Balaban J connectivity index is 1.72. The highest BCUT2D eigenvalue weighted by atomic mass is 32.2. The number of ketones is 1. The lowest BCUT2D eigenvalue weighted by Gasteiger charge is -2.09. The molecule has 0 spiro atoms. The fourth-order valence-corrected chi connectivity index (χ4v) is 3.86. The zero-order chi connectivity index (χ0) is 18.1. The average Bonchev–Trinajstić information content (AvgIpc) is 3.37. The van der Waals surface area contributed by atoms with E-state index in [9.17, 15) is 13.8 Å². The fourth-order valence-electron chi connectivity index (χ4n) is 3.13. The van der Waals surface area contributed by atoms with E-state index in [4.69, 9.17) is 4.74 Å². The van der Waals surface area contributed by atoms with E-state index in [0.29, 0.717) is 16.5 Å².